The van der Waals surface area contributed by atoms with E-state index in [1.54, 1.807) is 0 Å². The minimum atomic E-state index is 0.736. The van der Waals surface area contributed by atoms with E-state index in [1.165, 1.54) is 25.8 Å². The van der Waals surface area contributed by atoms with Crippen molar-refractivity contribution in [2.24, 2.45) is 23.7 Å². The van der Waals surface area contributed by atoms with Crippen molar-refractivity contribution in [1.82, 2.24) is 4.90 Å². The molecule has 1 nitrogen and oxygen atoms in total. The van der Waals surface area contributed by atoms with Crippen molar-refractivity contribution in [2.75, 3.05) is 13.6 Å². The molecule has 0 bridgehead atoms. The van der Waals surface area contributed by atoms with Crippen LogP contribution < -0.4 is 0 Å². The first kappa shape index (κ1) is 14.0. The molecule has 1 aliphatic carbocycles. The molecule has 96 valence electrons. The van der Waals surface area contributed by atoms with Crippen LogP contribution in [-0.2, 0) is 0 Å². The summed E-state index contributed by atoms with van der Waals surface area (Å²) < 4.78 is 0. The van der Waals surface area contributed by atoms with Crippen molar-refractivity contribution in [3.05, 3.63) is 0 Å². The lowest BCUT2D eigenvalue weighted by atomic mass is 9.60. The Kier molecular flexibility index (Phi) is 5.30. The molecule has 4 unspecified atom stereocenters. The van der Waals surface area contributed by atoms with E-state index in [-0.39, 0.29) is 0 Å². The molecule has 1 saturated carbocycles. The zero-order chi connectivity index (χ0) is 12.3. The zero-order valence-electron chi connectivity index (χ0n) is 12.2. The molecule has 0 aromatic rings. The van der Waals surface area contributed by atoms with Crippen LogP contribution in [0.25, 0.3) is 0 Å². The fourth-order valence-electron chi connectivity index (χ4n) is 3.58. The predicted octanol–water partition coefficient (Wildman–Crippen LogP) is 4.04. The topological polar surface area (TPSA) is 3.24 Å². The molecule has 4 atom stereocenters. The maximum Gasteiger partial charge on any atom is 0.00613 e. The molecule has 0 radical (unpaired) electrons. The van der Waals surface area contributed by atoms with Crippen LogP contribution >= 0.6 is 0 Å². The summed E-state index contributed by atoms with van der Waals surface area (Å²) in [6, 6.07) is 0.736. The van der Waals surface area contributed by atoms with Gasteiger partial charge in [0.2, 0.25) is 0 Å². The predicted molar refractivity (Wildman–Crippen MR) is 72.6 cm³/mol. The Labute approximate surface area is 103 Å². The molecule has 0 saturated heterocycles. The van der Waals surface area contributed by atoms with Crippen LogP contribution in [-0.4, -0.2) is 24.5 Å². The molecule has 0 amide bonds. The Hall–Kier alpha value is -0.0400. The third-order valence-corrected chi connectivity index (χ3v) is 4.99. The highest BCUT2D eigenvalue weighted by molar-refractivity contribution is 4.89. The smallest absolute Gasteiger partial charge is 0.00613 e. The Morgan fingerprint density at radius 1 is 1.12 bits per heavy atom. The van der Waals surface area contributed by atoms with E-state index < -0.39 is 0 Å². The van der Waals surface area contributed by atoms with Crippen LogP contribution in [0.5, 0.6) is 0 Å². The third-order valence-electron chi connectivity index (χ3n) is 4.99. The molecule has 0 aromatic carbocycles. The van der Waals surface area contributed by atoms with E-state index in [0.717, 1.165) is 29.7 Å². The van der Waals surface area contributed by atoms with Gasteiger partial charge < -0.3 is 4.90 Å². The van der Waals surface area contributed by atoms with Crippen LogP contribution in [0.1, 0.15) is 53.9 Å². The van der Waals surface area contributed by atoms with E-state index in [4.69, 9.17) is 0 Å². The summed E-state index contributed by atoms with van der Waals surface area (Å²) in [5, 5.41) is 0. The average Bonchev–Trinajstić information content (AvgIpc) is 2.26. The summed E-state index contributed by atoms with van der Waals surface area (Å²) in [7, 11) is 2.30. The normalized spacial score (nSPS) is 33.6. The Morgan fingerprint density at radius 2 is 1.69 bits per heavy atom. The van der Waals surface area contributed by atoms with E-state index in [1.807, 2.05) is 0 Å². The number of nitrogens with zero attached hydrogens (tertiary/aromatic N) is 1. The molecular weight excluding hydrogens is 194 g/mol. The van der Waals surface area contributed by atoms with E-state index in [9.17, 15) is 0 Å². The zero-order valence-corrected chi connectivity index (χ0v) is 12.2. The highest BCUT2D eigenvalue weighted by atomic mass is 15.1. The van der Waals surface area contributed by atoms with Gasteiger partial charge in [-0.3, -0.25) is 0 Å². The van der Waals surface area contributed by atoms with Gasteiger partial charge in [-0.15, -0.1) is 0 Å². The number of rotatable bonds is 6. The molecule has 0 heterocycles. The molecular formula is C15H31N. The molecule has 0 aromatic heterocycles. The van der Waals surface area contributed by atoms with Gasteiger partial charge in [-0.2, -0.15) is 0 Å². The fraction of sp³-hybridized carbons (Fsp3) is 1.00. The van der Waals surface area contributed by atoms with Gasteiger partial charge in [0, 0.05) is 12.6 Å². The fourth-order valence-corrected chi connectivity index (χ4v) is 3.58. The largest absolute Gasteiger partial charge is 0.303 e. The van der Waals surface area contributed by atoms with Crippen LogP contribution in [0.15, 0.2) is 0 Å². The third kappa shape index (κ3) is 3.00. The first-order valence-corrected chi connectivity index (χ1v) is 7.21. The van der Waals surface area contributed by atoms with Crippen molar-refractivity contribution in [3.63, 3.8) is 0 Å². The molecule has 1 aliphatic rings. The Bertz CT molecular complexity index is 194. The lowest BCUT2D eigenvalue weighted by molar-refractivity contribution is 0.0202. The van der Waals surface area contributed by atoms with Gasteiger partial charge in [-0.25, -0.2) is 0 Å². The van der Waals surface area contributed by atoms with Crippen molar-refractivity contribution < 1.29 is 0 Å². The first-order chi connectivity index (χ1) is 7.51. The van der Waals surface area contributed by atoms with Gasteiger partial charge in [0.25, 0.3) is 0 Å². The summed E-state index contributed by atoms with van der Waals surface area (Å²) in [4.78, 5) is 2.56. The second kappa shape index (κ2) is 6.05. The second-order valence-corrected chi connectivity index (χ2v) is 6.13. The highest BCUT2D eigenvalue weighted by Gasteiger charge is 2.39. The molecule has 1 rings (SSSR count). The van der Waals surface area contributed by atoms with Crippen LogP contribution in [0.3, 0.4) is 0 Å². The van der Waals surface area contributed by atoms with Crippen LogP contribution in [0.2, 0.25) is 0 Å². The maximum atomic E-state index is 2.56. The van der Waals surface area contributed by atoms with Gasteiger partial charge in [0.15, 0.2) is 0 Å². The van der Waals surface area contributed by atoms with Crippen LogP contribution in [0.4, 0.5) is 0 Å². The number of hydrogen-bond donors (Lipinski definition) is 0. The maximum absolute atomic E-state index is 2.56. The highest BCUT2D eigenvalue weighted by Crippen LogP contribution is 2.45. The average molecular weight is 225 g/mol. The summed E-state index contributed by atoms with van der Waals surface area (Å²) in [5.41, 5.74) is 0. The van der Waals surface area contributed by atoms with Gasteiger partial charge >= 0.3 is 0 Å². The standard InChI is InChI=1S/C15H31N/c1-7-13(5)16(6)10-14(8-2)15-11(3)9-12(15)4/h11-15H,7-10H2,1-6H3. The summed E-state index contributed by atoms with van der Waals surface area (Å²) in [5.74, 6) is 3.82. The SMILES string of the molecule is CCC(CN(C)C(C)CC)C1C(C)CC1C. The lowest BCUT2D eigenvalue weighted by Crippen LogP contribution is -2.44. The second-order valence-electron chi connectivity index (χ2n) is 6.13. The van der Waals surface area contributed by atoms with Gasteiger partial charge in [0.1, 0.15) is 0 Å². The van der Waals surface area contributed by atoms with E-state index in [0.29, 0.717) is 0 Å². The lowest BCUT2D eigenvalue weighted by Gasteiger charge is -2.47. The first-order valence-electron chi connectivity index (χ1n) is 7.21. The monoisotopic (exact) mass is 225 g/mol. The molecule has 0 aliphatic heterocycles. The molecule has 16 heavy (non-hydrogen) atoms. The number of hydrogen-bond acceptors (Lipinski definition) is 1. The van der Waals surface area contributed by atoms with Crippen molar-refractivity contribution in [3.8, 4) is 0 Å². The van der Waals surface area contributed by atoms with Crippen molar-refractivity contribution in [1.29, 1.82) is 0 Å². The van der Waals surface area contributed by atoms with Gasteiger partial charge in [0.05, 0.1) is 0 Å². The van der Waals surface area contributed by atoms with E-state index >= 15 is 0 Å². The summed E-state index contributed by atoms with van der Waals surface area (Å²) in [6.07, 6.45) is 4.07. The minimum absolute atomic E-state index is 0.736. The quantitative estimate of drug-likeness (QED) is 0.659. The minimum Gasteiger partial charge on any atom is -0.303 e. The van der Waals surface area contributed by atoms with Crippen molar-refractivity contribution in [2.45, 2.75) is 59.9 Å². The Morgan fingerprint density at radius 3 is 2.06 bits per heavy atom. The van der Waals surface area contributed by atoms with Gasteiger partial charge in [-0.05, 0) is 50.5 Å². The van der Waals surface area contributed by atoms with E-state index in [2.05, 4.69) is 46.6 Å². The summed E-state index contributed by atoms with van der Waals surface area (Å²) in [6.45, 7) is 13.2. The molecule has 0 spiro atoms. The molecule has 0 N–H and O–H groups in total. The van der Waals surface area contributed by atoms with Crippen molar-refractivity contribution >= 4 is 0 Å². The molecule has 1 heteroatoms. The molecule has 1 fully saturated rings. The summed E-state index contributed by atoms with van der Waals surface area (Å²) >= 11 is 0. The Balaban J connectivity index is 2.48. The van der Waals surface area contributed by atoms with Crippen LogP contribution in [0, 0.1) is 23.7 Å². The van der Waals surface area contributed by atoms with Gasteiger partial charge in [-0.1, -0.05) is 34.1 Å².